The molecule has 90 valence electrons. The van der Waals surface area contributed by atoms with E-state index in [1.807, 2.05) is 25.1 Å². The highest BCUT2D eigenvalue weighted by molar-refractivity contribution is 5.81. The third-order valence-electron chi connectivity index (χ3n) is 3.04. The molecule has 0 fully saturated rings. The van der Waals surface area contributed by atoms with Crippen LogP contribution in [0.15, 0.2) is 30.5 Å². The van der Waals surface area contributed by atoms with Crippen molar-refractivity contribution in [1.82, 2.24) is 15.0 Å². The summed E-state index contributed by atoms with van der Waals surface area (Å²) in [6.45, 7) is 4.06. The van der Waals surface area contributed by atoms with E-state index in [0.29, 0.717) is 5.65 Å². The van der Waals surface area contributed by atoms with Crippen molar-refractivity contribution in [2.45, 2.75) is 13.8 Å². The number of benzene rings is 1. The van der Waals surface area contributed by atoms with Gasteiger partial charge in [-0.1, -0.05) is 6.07 Å². The van der Waals surface area contributed by atoms with Gasteiger partial charge in [0.25, 0.3) is 0 Å². The van der Waals surface area contributed by atoms with Crippen LogP contribution >= 0.6 is 0 Å². The molecule has 0 aliphatic heterocycles. The van der Waals surface area contributed by atoms with E-state index in [-0.39, 0.29) is 0 Å². The number of rotatable bonds is 1. The first kappa shape index (κ1) is 10.8. The molecule has 4 heteroatoms. The van der Waals surface area contributed by atoms with E-state index < -0.39 is 0 Å². The number of aryl methyl sites for hydroxylation is 2. The van der Waals surface area contributed by atoms with Gasteiger partial charge < -0.3 is 10.7 Å². The molecule has 0 aliphatic carbocycles. The number of hydrogen-bond acceptors (Lipinski definition) is 3. The van der Waals surface area contributed by atoms with Crippen molar-refractivity contribution in [1.29, 1.82) is 0 Å². The van der Waals surface area contributed by atoms with Crippen LogP contribution in [-0.2, 0) is 0 Å². The van der Waals surface area contributed by atoms with Crippen LogP contribution in [0.1, 0.15) is 11.1 Å². The Bertz CT molecular complexity index is 695. The standard InChI is InChI=1S/C14H14N4/c1-8-6-9(2)12(15)10(7-8)13-17-11-4-3-5-16-14(11)18-13/h3-7H,15H2,1-2H3,(H,16,17,18). The van der Waals surface area contributed by atoms with Crippen molar-refractivity contribution >= 4 is 16.9 Å². The number of aromatic amines is 1. The zero-order chi connectivity index (χ0) is 12.7. The second-order valence-electron chi connectivity index (χ2n) is 4.50. The van der Waals surface area contributed by atoms with Gasteiger partial charge in [0.2, 0.25) is 0 Å². The van der Waals surface area contributed by atoms with Crippen molar-refractivity contribution in [2.24, 2.45) is 0 Å². The number of fused-ring (bicyclic) bond motifs is 1. The molecule has 0 saturated carbocycles. The molecule has 3 aromatic rings. The predicted molar refractivity (Wildman–Crippen MR) is 73.2 cm³/mol. The third kappa shape index (κ3) is 1.62. The zero-order valence-corrected chi connectivity index (χ0v) is 10.4. The van der Waals surface area contributed by atoms with Crippen LogP contribution in [0.5, 0.6) is 0 Å². The second-order valence-corrected chi connectivity index (χ2v) is 4.50. The van der Waals surface area contributed by atoms with E-state index in [1.165, 1.54) is 5.56 Å². The zero-order valence-electron chi connectivity index (χ0n) is 10.4. The Hall–Kier alpha value is -2.36. The van der Waals surface area contributed by atoms with Crippen LogP contribution < -0.4 is 5.73 Å². The van der Waals surface area contributed by atoms with Crippen LogP contribution in [0.2, 0.25) is 0 Å². The van der Waals surface area contributed by atoms with Crippen LogP contribution in [0.4, 0.5) is 5.69 Å². The monoisotopic (exact) mass is 238 g/mol. The molecule has 0 aliphatic rings. The minimum Gasteiger partial charge on any atom is -0.398 e. The second kappa shape index (κ2) is 3.84. The molecule has 2 aromatic heterocycles. The minimum absolute atomic E-state index is 0.714. The predicted octanol–water partition coefficient (Wildman–Crippen LogP) is 2.82. The maximum atomic E-state index is 6.12. The summed E-state index contributed by atoms with van der Waals surface area (Å²) in [5.74, 6) is 0.771. The van der Waals surface area contributed by atoms with E-state index in [4.69, 9.17) is 5.73 Å². The minimum atomic E-state index is 0.714. The number of pyridine rings is 1. The van der Waals surface area contributed by atoms with E-state index >= 15 is 0 Å². The maximum Gasteiger partial charge on any atom is 0.178 e. The quantitative estimate of drug-likeness (QED) is 0.640. The molecule has 0 saturated heterocycles. The first-order valence-corrected chi connectivity index (χ1v) is 5.83. The third-order valence-corrected chi connectivity index (χ3v) is 3.04. The van der Waals surface area contributed by atoms with Gasteiger partial charge in [0.05, 0.1) is 5.52 Å². The summed E-state index contributed by atoms with van der Waals surface area (Å²) < 4.78 is 0. The van der Waals surface area contributed by atoms with Crippen molar-refractivity contribution in [3.8, 4) is 11.4 Å². The number of anilines is 1. The summed E-state index contributed by atoms with van der Waals surface area (Å²) in [4.78, 5) is 12.0. The first-order chi connectivity index (χ1) is 8.65. The van der Waals surface area contributed by atoms with Gasteiger partial charge in [-0.25, -0.2) is 9.97 Å². The number of imidazole rings is 1. The molecular weight excluding hydrogens is 224 g/mol. The maximum absolute atomic E-state index is 6.12. The number of aromatic nitrogens is 3. The number of nitrogen functional groups attached to an aromatic ring is 1. The molecular formula is C14H14N4. The van der Waals surface area contributed by atoms with Crippen molar-refractivity contribution < 1.29 is 0 Å². The Morgan fingerprint density at radius 1 is 1.22 bits per heavy atom. The first-order valence-electron chi connectivity index (χ1n) is 5.83. The van der Waals surface area contributed by atoms with Gasteiger partial charge in [0, 0.05) is 17.4 Å². The summed E-state index contributed by atoms with van der Waals surface area (Å²) in [7, 11) is 0. The Labute approximate surface area is 105 Å². The van der Waals surface area contributed by atoms with E-state index in [9.17, 15) is 0 Å². The van der Waals surface area contributed by atoms with Gasteiger partial charge in [-0.2, -0.15) is 0 Å². The molecule has 0 radical (unpaired) electrons. The van der Waals surface area contributed by atoms with Gasteiger partial charge in [0.15, 0.2) is 5.65 Å². The van der Waals surface area contributed by atoms with E-state index in [2.05, 4.69) is 27.9 Å². The van der Waals surface area contributed by atoms with Crippen LogP contribution in [0.25, 0.3) is 22.6 Å². The number of nitrogens with two attached hydrogens (primary N) is 1. The lowest BCUT2D eigenvalue weighted by Crippen LogP contribution is -1.96. The van der Waals surface area contributed by atoms with Gasteiger partial charge in [-0.05, 0) is 43.2 Å². The molecule has 0 amide bonds. The smallest absolute Gasteiger partial charge is 0.178 e. The summed E-state index contributed by atoms with van der Waals surface area (Å²) in [5.41, 5.74) is 11.7. The van der Waals surface area contributed by atoms with Crippen molar-refractivity contribution in [2.75, 3.05) is 5.73 Å². The molecule has 3 rings (SSSR count). The SMILES string of the molecule is Cc1cc(C)c(N)c(-c2nc3ncccc3[nH]2)c1. The highest BCUT2D eigenvalue weighted by atomic mass is 15.0. The highest BCUT2D eigenvalue weighted by Gasteiger charge is 2.10. The Morgan fingerprint density at radius 2 is 2.06 bits per heavy atom. The van der Waals surface area contributed by atoms with Gasteiger partial charge >= 0.3 is 0 Å². The summed E-state index contributed by atoms with van der Waals surface area (Å²) in [6, 6.07) is 7.95. The molecule has 1 aromatic carbocycles. The fraction of sp³-hybridized carbons (Fsp3) is 0.143. The fourth-order valence-corrected chi connectivity index (χ4v) is 2.15. The lowest BCUT2D eigenvalue weighted by Gasteiger charge is -2.07. The molecule has 0 unspecified atom stereocenters. The summed E-state index contributed by atoms with van der Waals surface area (Å²) in [5, 5.41) is 0. The van der Waals surface area contributed by atoms with E-state index in [1.54, 1.807) is 6.20 Å². The summed E-state index contributed by atoms with van der Waals surface area (Å²) >= 11 is 0. The van der Waals surface area contributed by atoms with Gasteiger partial charge in [-0.15, -0.1) is 0 Å². The van der Waals surface area contributed by atoms with Gasteiger partial charge in [-0.3, -0.25) is 0 Å². The number of hydrogen-bond donors (Lipinski definition) is 2. The van der Waals surface area contributed by atoms with Crippen molar-refractivity contribution in [3.63, 3.8) is 0 Å². The van der Waals surface area contributed by atoms with Crippen LogP contribution in [0, 0.1) is 13.8 Å². The number of H-pyrrole nitrogens is 1. The molecule has 0 bridgehead atoms. The van der Waals surface area contributed by atoms with Crippen molar-refractivity contribution in [3.05, 3.63) is 41.6 Å². The molecule has 3 N–H and O–H groups in total. The Morgan fingerprint density at radius 3 is 2.83 bits per heavy atom. The Kier molecular flexibility index (Phi) is 2.30. The normalized spacial score (nSPS) is 11.0. The number of nitrogens with zero attached hydrogens (tertiary/aromatic N) is 2. The van der Waals surface area contributed by atoms with Crippen LogP contribution in [-0.4, -0.2) is 15.0 Å². The molecule has 0 spiro atoms. The topological polar surface area (TPSA) is 67.6 Å². The lowest BCUT2D eigenvalue weighted by molar-refractivity contribution is 1.28. The average molecular weight is 238 g/mol. The molecule has 2 heterocycles. The molecule has 4 nitrogen and oxygen atoms in total. The summed E-state index contributed by atoms with van der Waals surface area (Å²) in [6.07, 6.45) is 1.73. The van der Waals surface area contributed by atoms with E-state index in [0.717, 1.165) is 28.2 Å². The average Bonchev–Trinajstić information content (AvgIpc) is 2.77. The van der Waals surface area contributed by atoms with Crippen LogP contribution in [0.3, 0.4) is 0 Å². The molecule has 18 heavy (non-hydrogen) atoms. The lowest BCUT2D eigenvalue weighted by atomic mass is 10.0. The number of nitrogens with one attached hydrogen (secondary N) is 1. The van der Waals surface area contributed by atoms with Gasteiger partial charge in [0.1, 0.15) is 5.82 Å². The highest BCUT2D eigenvalue weighted by Crippen LogP contribution is 2.28. The Balaban J connectivity index is 2.26. The fourth-order valence-electron chi connectivity index (χ4n) is 2.15. The largest absolute Gasteiger partial charge is 0.398 e. The molecule has 0 atom stereocenters.